The summed E-state index contributed by atoms with van der Waals surface area (Å²) in [5.41, 5.74) is 5.95. The normalized spacial score (nSPS) is 9.88. The maximum atomic E-state index is 11.7. The molecule has 0 aliphatic heterocycles. The average Bonchev–Trinajstić information content (AvgIpc) is 2.34. The van der Waals surface area contributed by atoms with Crippen LogP contribution in [-0.2, 0) is 0 Å². The highest BCUT2D eigenvalue weighted by Crippen LogP contribution is 2.20. The highest BCUT2D eigenvalue weighted by molar-refractivity contribution is 6.04. The van der Waals surface area contributed by atoms with Crippen molar-refractivity contribution in [3.8, 4) is 5.75 Å². The SMILES string of the molecule is Nc1ccc(C(=O)Nc2cnccn2)cc1O. The molecular formula is C11H10N4O2. The number of benzene rings is 1. The molecule has 6 nitrogen and oxygen atoms in total. The van der Waals surface area contributed by atoms with Crippen molar-refractivity contribution in [2.45, 2.75) is 0 Å². The number of phenols is 1. The van der Waals surface area contributed by atoms with Gasteiger partial charge in [-0.3, -0.25) is 9.78 Å². The summed E-state index contributed by atoms with van der Waals surface area (Å²) in [7, 11) is 0. The van der Waals surface area contributed by atoms with Crippen molar-refractivity contribution < 1.29 is 9.90 Å². The van der Waals surface area contributed by atoms with Gasteiger partial charge in [0, 0.05) is 18.0 Å². The van der Waals surface area contributed by atoms with Gasteiger partial charge in [-0.15, -0.1) is 0 Å². The minimum Gasteiger partial charge on any atom is -0.506 e. The van der Waals surface area contributed by atoms with Gasteiger partial charge in [0.25, 0.3) is 5.91 Å². The molecule has 1 heterocycles. The van der Waals surface area contributed by atoms with Crippen LogP contribution >= 0.6 is 0 Å². The number of nitrogen functional groups attached to an aromatic ring is 1. The zero-order valence-corrected chi connectivity index (χ0v) is 8.79. The molecule has 1 aromatic carbocycles. The van der Waals surface area contributed by atoms with Gasteiger partial charge in [0.15, 0.2) is 5.82 Å². The monoisotopic (exact) mass is 230 g/mol. The molecule has 86 valence electrons. The van der Waals surface area contributed by atoms with Crippen molar-refractivity contribution in [1.82, 2.24) is 9.97 Å². The first-order valence-electron chi connectivity index (χ1n) is 4.82. The molecule has 2 aromatic rings. The average molecular weight is 230 g/mol. The third-order valence-electron chi connectivity index (χ3n) is 2.10. The number of carbonyl (C=O) groups excluding carboxylic acids is 1. The lowest BCUT2D eigenvalue weighted by atomic mass is 10.2. The van der Waals surface area contributed by atoms with Crippen LogP contribution in [-0.4, -0.2) is 21.0 Å². The number of anilines is 2. The molecule has 0 unspecified atom stereocenters. The predicted molar refractivity (Wildman–Crippen MR) is 62.5 cm³/mol. The van der Waals surface area contributed by atoms with E-state index in [1.54, 1.807) is 0 Å². The van der Waals surface area contributed by atoms with Gasteiger partial charge in [-0.25, -0.2) is 4.98 Å². The van der Waals surface area contributed by atoms with Crippen molar-refractivity contribution in [3.63, 3.8) is 0 Å². The summed E-state index contributed by atoms with van der Waals surface area (Å²) in [5.74, 6) is -0.175. The van der Waals surface area contributed by atoms with Gasteiger partial charge in [-0.05, 0) is 18.2 Å². The van der Waals surface area contributed by atoms with E-state index in [1.165, 1.54) is 36.8 Å². The molecule has 1 aromatic heterocycles. The van der Waals surface area contributed by atoms with Crippen molar-refractivity contribution in [2.75, 3.05) is 11.1 Å². The Morgan fingerprint density at radius 3 is 2.82 bits per heavy atom. The van der Waals surface area contributed by atoms with Crippen LogP contribution < -0.4 is 11.1 Å². The molecule has 6 heteroatoms. The number of rotatable bonds is 2. The lowest BCUT2D eigenvalue weighted by Crippen LogP contribution is -2.13. The quantitative estimate of drug-likeness (QED) is 0.528. The molecule has 0 aliphatic rings. The van der Waals surface area contributed by atoms with Gasteiger partial charge in [-0.1, -0.05) is 0 Å². The molecule has 0 aliphatic carbocycles. The van der Waals surface area contributed by atoms with Gasteiger partial charge in [-0.2, -0.15) is 0 Å². The Hall–Kier alpha value is -2.63. The number of carbonyl (C=O) groups is 1. The predicted octanol–water partition coefficient (Wildman–Crippen LogP) is 1.02. The van der Waals surface area contributed by atoms with Crippen LogP contribution in [0.25, 0.3) is 0 Å². The number of hydrogen-bond donors (Lipinski definition) is 3. The Labute approximate surface area is 97.1 Å². The van der Waals surface area contributed by atoms with Gasteiger partial charge >= 0.3 is 0 Å². The molecule has 0 spiro atoms. The van der Waals surface area contributed by atoms with Gasteiger partial charge in [0.1, 0.15) is 5.75 Å². The van der Waals surface area contributed by atoms with Crippen LogP contribution in [0.1, 0.15) is 10.4 Å². The van der Waals surface area contributed by atoms with E-state index < -0.39 is 0 Å². The topological polar surface area (TPSA) is 101 Å². The Morgan fingerprint density at radius 2 is 2.18 bits per heavy atom. The molecule has 0 radical (unpaired) electrons. The Bertz CT molecular complexity index is 542. The summed E-state index contributed by atoms with van der Waals surface area (Å²) in [4.78, 5) is 19.5. The number of aromatic hydroxyl groups is 1. The molecule has 0 saturated heterocycles. The number of phenolic OH excluding ortho intramolecular Hbond substituents is 1. The summed E-state index contributed by atoms with van der Waals surface area (Å²) >= 11 is 0. The van der Waals surface area contributed by atoms with E-state index in [0.717, 1.165) is 0 Å². The molecule has 0 fully saturated rings. The van der Waals surface area contributed by atoms with E-state index in [4.69, 9.17) is 5.73 Å². The highest BCUT2D eigenvalue weighted by Gasteiger charge is 2.08. The zero-order valence-electron chi connectivity index (χ0n) is 8.79. The number of nitrogens with zero attached hydrogens (tertiary/aromatic N) is 2. The van der Waals surface area contributed by atoms with Crippen LogP contribution in [0.2, 0.25) is 0 Å². The number of amides is 1. The molecule has 0 bridgehead atoms. The molecule has 1 amide bonds. The first kappa shape index (κ1) is 10.9. The lowest BCUT2D eigenvalue weighted by Gasteiger charge is -2.05. The van der Waals surface area contributed by atoms with Crippen LogP contribution in [0, 0.1) is 0 Å². The second-order valence-electron chi connectivity index (χ2n) is 3.32. The van der Waals surface area contributed by atoms with Crippen molar-refractivity contribution >= 4 is 17.4 Å². The fourth-order valence-corrected chi connectivity index (χ4v) is 1.24. The first-order chi connectivity index (χ1) is 8.16. The molecule has 4 N–H and O–H groups in total. The summed E-state index contributed by atoms with van der Waals surface area (Å²) in [6, 6.07) is 4.27. The smallest absolute Gasteiger partial charge is 0.256 e. The Balaban J connectivity index is 2.18. The van der Waals surface area contributed by atoms with E-state index >= 15 is 0 Å². The maximum absolute atomic E-state index is 11.7. The summed E-state index contributed by atoms with van der Waals surface area (Å²) in [6.45, 7) is 0. The van der Waals surface area contributed by atoms with Crippen LogP contribution in [0.3, 0.4) is 0 Å². The molecular weight excluding hydrogens is 220 g/mol. The Kier molecular flexibility index (Phi) is 2.87. The van der Waals surface area contributed by atoms with Crippen molar-refractivity contribution in [3.05, 3.63) is 42.4 Å². The lowest BCUT2D eigenvalue weighted by molar-refractivity contribution is 0.102. The minimum absolute atomic E-state index is 0.128. The molecule has 0 atom stereocenters. The standard InChI is InChI=1S/C11H10N4O2/c12-8-2-1-7(5-9(8)16)11(17)15-10-6-13-3-4-14-10/h1-6,16H,12H2,(H,14,15,17). The third kappa shape index (κ3) is 2.49. The summed E-state index contributed by atoms with van der Waals surface area (Å²) in [5, 5.41) is 11.9. The second-order valence-corrected chi connectivity index (χ2v) is 3.32. The van der Waals surface area contributed by atoms with Crippen molar-refractivity contribution in [2.24, 2.45) is 0 Å². The third-order valence-corrected chi connectivity index (χ3v) is 2.10. The van der Waals surface area contributed by atoms with E-state index in [9.17, 15) is 9.90 Å². The van der Waals surface area contributed by atoms with Crippen LogP contribution in [0.4, 0.5) is 11.5 Å². The largest absolute Gasteiger partial charge is 0.506 e. The van der Waals surface area contributed by atoms with Gasteiger partial charge in [0.2, 0.25) is 0 Å². The van der Waals surface area contributed by atoms with Crippen LogP contribution in [0.15, 0.2) is 36.8 Å². The summed E-state index contributed by atoms with van der Waals surface area (Å²) < 4.78 is 0. The molecule has 2 rings (SSSR count). The fraction of sp³-hybridized carbons (Fsp3) is 0. The fourth-order valence-electron chi connectivity index (χ4n) is 1.24. The molecule has 0 saturated carbocycles. The van der Waals surface area contributed by atoms with E-state index in [-0.39, 0.29) is 17.3 Å². The van der Waals surface area contributed by atoms with E-state index in [1.807, 2.05) is 0 Å². The molecule has 17 heavy (non-hydrogen) atoms. The van der Waals surface area contributed by atoms with Gasteiger partial charge < -0.3 is 16.2 Å². The van der Waals surface area contributed by atoms with Crippen LogP contribution in [0.5, 0.6) is 5.75 Å². The van der Waals surface area contributed by atoms with E-state index in [0.29, 0.717) is 11.4 Å². The zero-order chi connectivity index (χ0) is 12.3. The Morgan fingerprint density at radius 1 is 1.35 bits per heavy atom. The highest BCUT2D eigenvalue weighted by atomic mass is 16.3. The summed E-state index contributed by atoms with van der Waals surface area (Å²) in [6.07, 6.45) is 4.40. The maximum Gasteiger partial charge on any atom is 0.256 e. The number of hydrogen-bond acceptors (Lipinski definition) is 5. The number of aromatic nitrogens is 2. The second kappa shape index (κ2) is 4.48. The number of nitrogens with one attached hydrogen (secondary N) is 1. The van der Waals surface area contributed by atoms with Gasteiger partial charge in [0.05, 0.1) is 11.9 Å². The minimum atomic E-state index is -0.388. The van der Waals surface area contributed by atoms with Crippen molar-refractivity contribution in [1.29, 1.82) is 0 Å². The van der Waals surface area contributed by atoms with E-state index in [2.05, 4.69) is 15.3 Å². The number of nitrogens with two attached hydrogens (primary N) is 1. The first-order valence-corrected chi connectivity index (χ1v) is 4.82.